The molecule has 0 saturated heterocycles. The monoisotopic (exact) mass is 353 g/mol. The van der Waals surface area contributed by atoms with E-state index >= 15 is 0 Å². The highest BCUT2D eigenvalue weighted by molar-refractivity contribution is 9.10. The molecule has 21 heavy (non-hydrogen) atoms. The van der Waals surface area contributed by atoms with E-state index in [0.717, 1.165) is 34.4 Å². The molecule has 0 spiro atoms. The molecule has 0 bridgehead atoms. The van der Waals surface area contributed by atoms with E-state index in [-0.39, 0.29) is 11.9 Å². The zero-order chi connectivity index (χ0) is 15.4. The Hall–Kier alpha value is -1.20. The van der Waals surface area contributed by atoms with E-state index in [1.54, 1.807) is 12.1 Å². The molecule has 2 rings (SSSR count). The summed E-state index contributed by atoms with van der Waals surface area (Å²) in [5, 5.41) is 7.91. The second-order valence-electron chi connectivity index (χ2n) is 5.01. The zero-order valence-electron chi connectivity index (χ0n) is 12.7. The molecule has 1 aromatic carbocycles. The maximum absolute atomic E-state index is 13.4. The van der Waals surface area contributed by atoms with E-state index in [1.165, 1.54) is 6.07 Å². The summed E-state index contributed by atoms with van der Waals surface area (Å²) < 4.78 is 16.4. The van der Waals surface area contributed by atoms with Crippen LogP contribution in [0.15, 0.2) is 28.7 Å². The van der Waals surface area contributed by atoms with Crippen molar-refractivity contribution in [3.05, 3.63) is 51.5 Å². The van der Waals surface area contributed by atoms with Gasteiger partial charge in [0.2, 0.25) is 0 Å². The van der Waals surface area contributed by atoms with Gasteiger partial charge in [0, 0.05) is 11.0 Å². The first-order valence-corrected chi connectivity index (χ1v) is 8.06. The lowest BCUT2D eigenvalue weighted by molar-refractivity contribution is 0.510. The number of hydrogen-bond acceptors (Lipinski definition) is 2. The summed E-state index contributed by atoms with van der Waals surface area (Å²) in [7, 11) is 1.93. The second-order valence-corrected chi connectivity index (χ2v) is 5.87. The van der Waals surface area contributed by atoms with Crippen molar-refractivity contribution in [2.75, 3.05) is 7.05 Å². The Labute approximate surface area is 133 Å². The second kappa shape index (κ2) is 7.18. The Morgan fingerprint density at radius 1 is 1.33 bits per heavy atom. The molecule has 0 saturated carbocycles. The van der Waals surface area contributed by atoms with Gasteiger partial charge in [-0.1, -0.05) is 22.9 Å². The van der Waals surface area contributed by atoms with Crippen LogP contribution in [0.4, 0.5) is 4.39 Å². The number of benzene rings is 1. The minimum absolute atomic E-state index is 0.107. The molecule has 0 radical (unpaired) electrons. The van der Waals surface area contributed by atoms with Crippen molar-refractivity contribution >= 4 is 15.9 Å². The van der Waals surface area contributed by atoms with Crippen LogP contribution in [0.3, 0.4) is 0 Å². The Morgan fingerprint density at radius 2 is 2.10 bits per heavy atom. The maximum Gasteiger partial charge on any atom is 0.123 e. The predicted molar refractivity (Wildman–Crippen MR) is 86.9 cm³/mol. The van der Waals surface area contributed by atoms with Crippen LogP contribution in [-0.4, -0.2) is 16.8 Å². The maximum atomic E-state index is 13.4. The van der Waals surface area contributed by atoms with Crippen LogP contribution in [0.25, 0.3) is 0 Å². The summed E-state index contributed by atoms with van der Waals surface area (Å²) in [6.07, 6.45) is 1.63. The van der Waals surface area contributed by atoms with E-state index in [1.807, 2.05) is 11.7 Å². The molecule has 1 heterocycles. The zero-order valence-corrected chi connectivity index (χ0v) is 14.2. The van der Waals surface area contributed by atoms with Crippen molar-refractivity contribution in [3.63, 3.8) is 0 Å². The number of nitrogens with one attached hydrogen (secondary N) is 1. The molecular weight excluding hydrogens is 333 g/mol. The van der Waals surface area contributed by atoms with Crippen LogP contribution < -0.4 is 5.32 Å². The topological polar surface area (TPSA) is 29.9 Å². The fourth-order valence-electron chi connectivity index (χ4n) is 2.47. The quantitative estimate of drug-likeness (QED) is 0.854. The summed E-state index contributed by atoms with van der Waals surface area (Å²) >= 11 is 3.50. The van der Waals surface area contributed by atoms with Gasteiger partial charge in [-0.2, -0.15) is 5.10 Å². The Balaban J connectivity index is 2.31. The van der Waals surface area contributed by atoms with E-state index in [9.17, 15) is 4.39 Å². The number of rotatable bonds is 6. The van der Waals surface area contributed by atoms with Crippen molar-refractivity contribution < 1.29 is 4.39 Å². The molecule has 114 valence electrons. The molecule has 0 fully saturated rings. The van der Waals surface area contributed by atoms with Crippen LogP contribution >= 0.6 is 15.9 Å². The number of halogens is 2. The van der Waals surface area contributed by atoms with Crippen LogP contribution in [0, 0.1) is 5.82 Å². The summed E-state index contributed by atoms with van der Waals surface area (Å²) in [5.41, 5.74) is 3.19. The first-order chi connectivity index (χ1) is 10.1. The number of likely N-dealkylation sites (N-methyl/N-ethyl adjacent to an activating group) is 1. The summed E-state index contributed by atoms with van der Waals surface area (Å²) in [5.74, 6) is -0.207. The lowest BCUT2D eigenvalue weighted by atomic mass is 10.0. The predicted octanol–water partition coefficient (Wildman–Crippen LogP) is 3.87. The molecule has 0 aliphatic rings. The normalized spacial score (nSPS) is 12.6. The number of aryl methyl sites for hydroxylation is 2. The molecule has 1 unspecified atom stereocenters. The average molecular weight is 354 g/mol. The molecule has 5 heteroatoms. The Kier molecular flexibility index (Phi) is 5.53. The van der Waals surface area contributed by atoms with E-state index in [0.29, 0.717) is 6.42 Å². The van der Waals surface area contributed by atoms with Crippen molar-refractivity contribution in [1.82, 2.24) is 15.1 Å². The van der Waals surface area contributed by atoms with E-state index in [4.69, 9.17) is 0 Å². The van der Waals surface area contributed by atoms with Gasteiger partial charge >= 0.3 is 0 Å². The van der Waals surface area contributed by atoms with Gasteiger partial charge in [-0.3, -0.25) is 4.68 Å². The highest BCUT2D eigenvalue weighted by Gasteiger charge is 2.18. The van der Waals surface area contributed by atoms with E-state index < -0.39 is 0 Å². The SMILES string of the molecule is CCc1cc(C(Cc2cc(F)ccc2Br)NC)n(CC)n1. The molecule has 0 amide bonds. The largest absolute Gasteiger partial charge is 0.311 e. The Morgan fingerprint density at radius 3 is 2.71 bits per heavy atom. The van der Waals surface area contributed by atoms with Crippen molar-refractivity contribution in [3.8, 4) is 0 Å². The molecule has 0 aliphatic carbocycles. The highest BCUT2D eigenvalue weighted by atomic mass is 79.9. The Bertz CT molecular complexity index is 610. The smallest absolute Gasteiger partial charge is 0.123 e. The van der Waals surface area contributed by atoms with Gasteiger partial charge in [-0.15, -0.1) is 0 Å². The minimum Gasteiger partial charge on any atom is -0.311 e. The minimum atomic E-state index is -0.207. The molecule has 3 nitrogen and oxygen atoms in total. The molecule has 1 N–H and O–H groups in total. The van der Waals surface area contributed by atoms with Gasteiger partial charge in [0.05, 0.1) is 17.4 Å². The van der Waals surface area contributed by atoms with Crippen molar-refractivity contribution in [2.45, 2.75) is 39.3 Å². The van der Waals surface area contributed by atoms with Crippen molar-refractivity contribution in [2.24, 2.45) is 0 Å². The number of nitrogens with zero attached hydrogens (tertiary/aromatic N) is 2. The van der Waals surface area contributed by atoms with Gasteiger partial charge in [0.25, 0.3) is 0 Å². The summed E-state index contributed by atoms with van der Waals surface area (Å²) in [6, 6.07) is 7.05. The van der Waals surface area contributed by atoms with E-state index in [2.05, 4.69) is 46.3 Å². The van der Waals surface area contributed by atoms with Gasteiger partial charge in [-0.05, 0) is 56.6 Å². The third kappa shape index (κ3) is 3.71. The van der Waals surface area contributed by atoms with Gasteiger partial charge < -0.3 is 5.32 Å². The molecule has 2 aromatic rings. The van der Waals surface area contributed by atoms with Crippen molar-refractivity contribution in [1.29, 1.82) is 0 Å². The van der Waals surface area contributed by atoms with Gasteiger partial charge in [-0.25, -0.2) is 4.39 Å². The van der Waals surface area contributed by atoms with Crippen LogP contribution in [0.1, 0.15) is 36.8 Å². The fourth-order valence-corrected chi connectivity index (χ4v) is 2.88. The third-order valence-corrected chi connectivity index (χ3v) is 4.43. The van der Waals surface area contributed by atoms with Crippen LogP contribution in [0.5, 0.6) is 0 Å². The molecular formula is C16H21BrFN3. The first-order valence-electron chi connectivity index (χ1n) is 7.26. The fraction of sp³-hybridized carbons (Fsp3) is 0.438. The highest BCUT2D eigenvalue weighted by Crippen LogP contribution is 2.25. The number of hydrogen-bond donors (Lipinski definition) is 1. The number of aromatic nitrogens is 2. The summed E-state index contributed by atoms with van der Waals surface area (Å²) in [6.45, 7) is 5.02. The van der Waals surface area contributed by atoms with Gasteiger partial charge in [0.1, 0.15) is 5.82 Å². The summed E-state index contributed by atoms with van der Waals surface area (Å²) in [4.78, 5) is 0. The van der Waals surface area contributed by atoms with Gasteiger partial charge in [0.15, 0.2) is 0 Å². The average Bonchev–Trinajstić information content (AvgIpc) is 2.91. The third-order valence-electron chi connectivity index (χ3n) is 3.66. The molecule has 0 aliphatic heterocycles. The lowest BCUT2D eigenvalue weighted by Crippen LogP contribution is -2.22. The van der Waals surface area contributed by atoms with Crippen LogP contribution in [0.2, 0.25) is 0 Å². The lowest BCUT2D eigenvalue weighted by Gasteiger charge is -2.18. The van der Waals surface area contributed by atoms with Crippen LogP contribution in [-0.2, 0) is 19.4 Å². The molecule has 1 atom stereocenters. The first kappa shape index (κ1) is 16.2. The molecule has 1 aromatic heterocycles. The standard InChI is InChI=1S/C16H21BrFN3/c1-4-13-10-16(21(5-2)20-13)15(19-3)9-11-8-12(18)6-7-14(11)17/h6-8,10,15,19H,4-5,9H2,1-3H3.